The quantitative estimate of drug-likeness (QED) is 0.181. The Labute approximate surface area is 222 Å². The smallest absolute Gasteiger partial charge is 0.250 e. The van der Waals surface area contributed by atoms with Crippen LogP contribution in [0.2, 0.25) is 0 Å². The first-order valence-corrected chi connectivity index (χ1v) is 13.0. The Balaban J connectivity index is 1.51. The number of benzene rings is 3. The number of rotatable bonds is 8. The number of amides is 1. The topological polar surface area (TPSA) is 81.4 Å². The molecule has 0 unspecified atom stereocenters. The van der Waals surface area contributed by atoms with E-state index < -0.39 is 0 Å². The number of carbonyl (C=O) groups excluding carboxylic acids is 1. The molecule has 1 N–H and O–H groups in total. The van der Waals surface area contributed by atoms with Crippen LogP contribution >= 0.6 is 11.8 Å². The molecule has 4 aromatic rings. The maximum Gasteiger partial charge on any atom is 0.250 e. The highest BCUT2D eigenvalue weighted by atomic mass is 32.2. The third-order valence-corrected chi connectivity index (χ3v) is 6.77. The molecule has 0 radical (unpaired) electrons. The van der Waals surface area contributed by atoms with E-state index in [1.54, 1.807) is 7.11 Å². The average Bonchev–Trinajstić information content (AvgIpc) is 3.34. The number of hydrogen-bond donors (Lipinski definition) is 1. The molecular formula is C29H31N5O2S. The van der Waals surface area contributed by atoms with Crippen LogP contribution in [0.4, 0.5) is 0 Å². The van der Waals surface area contributed by atoms with Crippen molar-refractivity contribution in [1.82, 2.24) is 20.2 Å². The summed E-state index contributed by atoms with van der Waals surface area (Å²) in [5, 5.41) is 13.8. The molecule has 1 heterocycles. The Hall–Kier alpha value is -3.91. The van der Waals surface area contributed by atoms with Crippen molar-refractivity contribution >= 4 is 23.4 Å². The molecule has 37 heavy (non-hydrogen) atoms. The summed E-state index contributed by atoms with van der Waals surface area (Å²) in [5.41, 5.74) is 7.44. The molecule has 4 rings (SSSR count). The fraction of sp³-hybridized carbons (Fsp3) is 0.241. The van der Waals surface area contributed by atoms with Crippen molar-refractivity contribution in [2.45, 2.75) is 38.3 Å². The van der Waals surface area contributed by atoms with Crippen LogP contribution in [-0.4, -0.2) is 39.2 Å². The number of thioether (sulfide) groups is 1. The zero-order valence-electron chi connectivity index (χ0n) is 21.7. The SMILES string of the molecule is COc1ccc(/C(C)=N\NC(=O)CSc2nnc(-c3ccc(C(C)(C)C)cc3)n2-c2ccccc2)cc1. The van der Waals surface area contributed by atoms with E-state index in [9.17, 15) is 4.79 Å². The summed E-state index contributed by atoms with van der Waals surface area (Å²) in [4.78, 5) is 12.6. The van der Waals surface area contributed by atoms with Crippen molar-refractivity contribution in [2.75, 3.05) is 12.9 Å². The zero-order valence-corrected chi connectivity index (χ0v) is 22.5. The number of nitrogens with zero attached hydrogens (tertiary/aromatic N) is 4. The molecule has 7 nitrogen and oxygen atoms in total. The standard InChI is InChI=1S/C29H31N5O2S/c1-20(21-13-17-25(36-5)18-14-21)30-31-26(35)19-37-28-33-32-27(34(28)24-9-7-6-8-10-24)22-11-15-23(16-12-22)29(2,3)4/h6-18H,19H2,1-5H3,(H,31,35)/b30-20-. The number of ether oxygens (including phenoxy) is 1. The average molecular weight is 514 g/mol. The predicted molar refractivity (Wildman–Crippen MR) is 150 cm³/mol. The van der Waals surface area contributed by atoms with Crippen LogP contribution < -0.4 is 10.2 Å². The van der Waals surface area contributed by atoms with Crippen LogP contribution in [0.3, 0.4) is 0 Å². The van der Waals surface area contributed by atoms with E-state index in [1.807, 2.05) is 66.1 Å². The molecule has 0 aliphatic heterocycles. The summed E-state index contributed by atoms with van der Waals surface area (Å²) >= 11 is 1.32. The fourth-order valence-corrected chi connectivity index (χ4v) is 4.43. The summed E-state index contributed by atoms with van der Waals surface area (Å²) in [5.74, 6) is 1.41. The van der Waals surface area contributed by atoms with Gasteiger partial charge in [0.2, 0.25) is 0 Å². The summed E-state index contributed by atoms with van der Waals surface area (Å²) in [6.45, 7) is 8.42. The van der Waals surface area contributed by atoms with Gasteiger partial charge in [-0.05, 0) is 59.9 Å². The molecule has 0 atom stereocenters. The first kappa shape index (κ1) is 26.2. The first-order valence-electron chi connectivity index (χ1n) is 12.0. The fourth-order valence-electron chi connectivity index (χ4n) is 3.68. The second-order valence-electron chi connectivity index (χ2n) is 9.55. The maximum absolute atomic E-state index is 12.6. The van der Waals surface area contributed by atoms with Crippen LogP contribution in [0.15, 0.2) is 89.1 Å². The number of hydrazone groups is 1. The van der Waals surface area contributed by atoms with Gasteiger partial charge in [0.25, 0.3) is 5.91 Å². The molecule has 0 spiro atoms. The highest BCUT2D eigenvalue weighted by Crippen LogP contribution is 2.30. The van der Waals surface area contributed by atoms with E-state index in [0.717, 1.165) is 28.4 Å². The highest BCUT2D eigenvalue weighted by molar-refractivity contribution is 7.99. The Bertz CT molecular complexity index is 1370. The molecule has 1 amide bonds. The third kappa shape index (κ3) is 6.46. The number of carbonyl (C=O) groups is 1. The van der Waals surface area contributed by atoms with Gasteiger partial charge in [-0.15, -0.1) is 10.2 Å². The number of hydrogen-bond acceptors (Lipinski definition) is 6. The van der Waals surface area contributed by atoms with Gasteiger partial charge in [-0.3, -0.25) is 9.36 Å². The van der Waals surface area contributed by atoms with Crippen LogP contribution in [0.1, 0.15) is 38.8 Å². The zero-order chi connectivity index (χ0) is 26.4. The van der Waals surface area contributed by atoms with Crippen molar-refractivity contribution in [3.05, 3.63) is 90.0 Å². The lowest BCUT2D eigenvalue weighted by molar-refractivity contribution is -0.118. The van der Waals surface area contributed by atoms with Gasteiger partial charge in [0.1, 0.15) is 5.75 Å². The van der Waals surface area contributed by atoms with Crippen molar-refractivity contribution in [1.29, 1.82) is 0 Å². The maximum atomic E-state index is 12.6. The minimum atomic E-state index is -0.225. The second-order valence-corrected chi connectivity index (χ2v) is 10.5. The van der Waals surface area contributed by atoms with Gasteiger partial charge in [0, 0.05) is 11.3 Å². The van der Waals surface area contributed by atoms with Gasteiger partial charge in [0.15, 0.2) is 11.0 Å². The molecule has 8 heteroatoms. The summed E-state index contributed by atoms with van der Waals surface area (Å²) < 4.78 is 7.17. The van der Waals surface area contributed by atoms with Crippen LogP contribution in [0, 0.1) is 0 Å². The molecule has 0 bridgehead atoms. The van der Waals surface area contributed by atoms with E-state index in [4.69, 9.17) is 4.74 Å². The van der Waals surface area contributed by atoms with Gasteiger partial charge in [-0.25, -0.2) is 5.43 Å². The lowest BCUT2D eigenvalue weighted by Gasteiger charge is -2.19. The largest absolute Gasteiger partial charge is 0.497 e. The number of methoxy groups -OCH3 is 1. The minimum absolute atomic E-state index is 0.0637. The molecule has 0 saturated carbocycles. The van der Waals surface area contributed by atoms with Crippen molar-refractivity contribution in [2.24, 2.45) is 5.10 Å². The molecule has 0 saturated heterocycles. The van der Waals surface area contributed by atoms with Gasteiger partial charge in [0.05, 0.1) is 18.6 Å². The molecule has 0 aliphatic rings. The van der Waals surface area contributed by atoms with Crippen LogP contribution in [0.25, 0.3) is 17.1 Å². The van der Waals surface area contributed by atoms with E-state index in [2.05, 4.69) is 65.8 Å². The predicted octanol–water partition coefficient (Wildman–Crippen LogP) is 5.87. The number of nitrogens with one attached hydrogen (secondary N) is 1. The minimum Gasteiger partial charge on any atom is -0.497 e. The molecular weight excluding hydrogens is 482 g/mol. The monoisotopic (exact) mass is 513 g/mol. The molecule has 1 aromatic heterocycles. The van der Waals surface area contributed by atoms with E-state index in [-0.39, 0.29) is 17.1 Å². The highest BCUT2D eigenvalue weighted by Gasteiger charge is 2.19. The number of para-hydroxylation sites is 1. The van der Waals surface area contributed by atoms with E-state index in [1.165, 1.54) is 17.3 Å². The Morgan fingerprint density at radius 1 is 0.973 bits per heavy atom. The normalized spacial score (nSPS) is 11.9. The lowest BCUT2D eigenvalue weighted by Crippen LogP contribution is -2.21. The van der Waals surface area contributed by atoms with Gasteiger partial charge >= 0.3 is 0 Å². The van der Waals surface area contributed by atoms with E-state index >= 15 is 0 Å². The molecule has 3 aromatic carbocycles. The Morgan fingerprint density at radius 2 is 1.65 bits per heavy atom. The van der Waals surface area contributed by atoms with Gasteiger partial charge in [-0.1, -0.05) is 75.0 Å². The summed E-state index contributed by atoms with van der Waals surface area (Å²) in [7, 11) is 1.62. The van der Waals surface area contributed by atoms with Crippen molar-refractivity contribution in [3.8, 4) is 22.8 Å². The Kier molecular flexibility index (Phi) is 8.08. The molecule has 190 valence electrons. The van der Waals surface area contributed by atoms with Crippen LogP contribution in [-0.2, 0) is 10.2 Å². The third-order valence-electron chi connectivity index (χ3n) is 5.85. The Morgan fingerprint density at radius 3 is 2.27 bits per heavy atom. The summed E-state index contributed by atoms with van der Waals surface area (Å²) in [6, 6.07) is 25.8. The van der Waals surface area contributed by atoms with E-state index in [0.29, 0.717) is 10.9 Å². The number of aromatic nitrogens is 3. The van der Waals surface area contributed by atoms with Crippen molar-refractivity contribution in [3.63, 3.8) is 0 Å². The van der Waals surface area contributed by atoms with Gasteiger partial charge < -0.3 is 4.74 Å². The second kappa shape index (κ2) is 11.4. The lowest BCUT2D eigenvalue weighted by atomic mass is 9.87. The molecule has 0 fully saturated rings. The summed E-state index contributed by atoms with van der Waals surface area (Å²) in [6.07, 6.45) is 0. The van der Waals surface area contributed by atoms with Crippen LogP contribution in [0.5, 0.6) is 5.75 Å². The molecule has 0 aliphatic carbocycles. The van der Waals surface area contributed by atoms with Crippen molar-refractivity contribution < 1.29 is 9.53 Å². The first-order chi connectivity index (χ1) is 17.8. The van der Waals surface area contributed by atoms with Gasteiger partial charge in [-0.2, -0.15) is 5.10 Å².